The molecule has 1 heterocycles. The number of nitrogens with zero attached hydrogens (tertiary/aromatic N) is 3. The number of hydrogen-bond donors (Lipinski definition) is 2. The van der Waals surface area contributed by atoms with Gasteiger partial charge in [0.05, 0.1) is 12.7 Å². The number of carbonyl (C=O) groups is 1. The number of aromatic nitrogens is 3. The van der Waals surface area contributed by atoms with Crippen molar-refractivity contribution in [1.82, 2.24) is 20.3 Å². The molecular formula is C17H22N4O2. The number of aliphatic hydroxyl groups excluding tert-OH is 1. The van der Waals surface area contributed by atoms with Crippen molar-refractivity contribution in [2.75, 3.05) is 6.61 Å². The van der Waals surface area contributed by atoms with Gasteiger partial charge in [-0.25, -0.2) is 4.68 Å². The summed E-state index contributed by atoms with van der Waals surface area (Å²) in [5.74, 6) is 0.214. The van der Waals surface area contributed by atoms with Crippen LogP contribution in [0.1, 0.15) is 41.7 Å². The van der Waals surface area contributed by atoms with E-state index in [-0.39, 0.29) is 18.6 Å². The molecule has 1 saturated carbocycles. The molecule has 1 aliphatic carbocycles. The summed E-state index contributed by atoms with van der Waals surface area (Å²) in [4.78, 5) is 12.3. The molecule has 0 radical (unpaired) electrons. The van der Waals surface area contributed by atoms with Crippen molar-refractivity contribution >= 4 is 5.91 Å². The molecule has 23 heavy (non-hydrogen) atoms. The second-order valence-corrected chi connectivity index (χ2v) is 6.16. The first-order chi connectivity index (χ1) is 11.2. The van der Waals surface area contributed by atoms with Crippen LogP contribution in [0.4, 0.5) is 0 Å². The van der Waals surface area contributed by atoms with Gasteiger partial charge in [0.2, 0.25) is 0 Å². The molecule has 0 bridgehead atoms. The van der Waals surface area contributed by atoms with Crippen molar-refractivity contribution in [2.24, 2.45) is 5.92 Å². The lowest BCUT2D eigenvalue weighted by molar-refractivity contribution is 0.0909. The Kier molecular flexibility index (Phi) is 5.02. The summed E-state index contributed by atoms with van der Waals surface area (Å²) in [5.41, 5.74) is 1.47. The molecule has 1 aromatic heterocycles. The van der Waals surface area contributed by atoms with E-state index in [1.807, 2.05) is 30.3 Å². The second-order valence-electron chi connectivity index (χ2n) is 6.16. The SMILES string of the molecule is O=C(NC1CCC(CO)CC1)c1cn(Cc2ccccc2)nn1. The molecule has 0 unspecified atom stereocenters. The van der Waals surface area contributed by atoms with Crippen LogP contribution < -0.4 is 5.32 Å². The Hall–Kier alpha value is -2.21. The maximum absolute atomic E-state index is 12.3. The number of hydrogen-bond acceptors (Lipinski definition) is 4. The summed E-state index contributed by atoms with van der Waals surface area (Å²) >= 11 is 0. The zero-order valence-electron chi connectivity index (χ0n) is 13.1. The lowest BCUT2D eigenvalue weighted by atomic mass is 9.86. The predicted octanol–water partition coefficient (Wildman–Crippen LogP) is 1.61. The van der Waals surface area contributed by atoms with Gasteiger partial charge in [0.15, 0.2) is 5.69 Å². The van der Waals surface area contributed by atoms with Gasteiger partial charge in [0.1, 0.15) is 0 Å². The van der Waals surface area contributed by atoms with E-state index in [0.717, 1.165) is 31.2 Å². The van der Waals surface area contributed by atoms with Crippen LogP contribution in [0, 0.1) is 5.92 Å². The van der Waals surface area contributed by atoms with Crippen molar-refractivity contribution in [1.29, 1.82) is 0 Å². The third kappa shape index (κ3) is 4.16. The third-order valence-electron chi connectivity index (χ3n) is 4.40. The Balaban J connectivity index is 1.54. The number of rotatable bonds is 5. The molecule has 2 N–H and O–H groups in total. The molecule has 1 aliphatic rings. The maximum Gasteiger partial charge on any atom is 0.273 e. The van der Waals surface area contributed by atoms with E-state index in [0.29, 0.717) is 18.2 Å². The Labute approximate surface area is 135 Å². The molecular weight excluding hydrogens is 292 g/mol. The van der Waals surface area contributed by atoms with E-state index in [4.69, 9.17) is 5.11 Å². The fourth-order valence-corrected chi connectivity index (χ4v) is 3.00. The van der Waals surface area contributed by atoms with Gasteiger partial charge >= 0.3 is 0 Å². The average Bonchev–Trinajstić information content (AvgIpc) is 3.05. The van der Waals surface area contributed by atoms with Gasteiger partial charge in [-0.05, 0) is 37.2 Å². The molecule has 0 spiro atoms. The quantitative estimate of drug-likeness (QED) is 0.878. The highest BCUT2D eigenvalue weighted by molar-refractivity contribution is 5.92. The lowest BCUT2D eigenvalue weighted by Crippen LogP contribution is -2.38. The molecule has 2 aromatic rings. The highest BCUT2D eigenvalue weighted by atomic mass is 16.3. The smallest absolute Gasteiger partial charge is 0.273 e. The van der Waals surface area contributed by atoms with Crippen molar-refractivity contribution < 1.29 is 9.90 Å². The lowest BCUT2D eigenvalue weighted by Gasteiger charge is -2.27. The van der Waals surface area contributed by atoms with Crippen molar-refractivity contribution in [3.63, 3.8) is 0 Å². The highest BCUT2D eigenvalue weighted by Crippen LogP contribution is 2.23. The van der Waals surface area contributed by atoms with Crippen molar-refractivity contribution in [3.05, 3.63) is 47.8 Å². The van der Waals surface area contributed by atoms with E-state index in [1.165, 1.54) is 0 Å². The van der Waals surface area contributed by atoms with E-state index < -0.39 is 0 Å². The number of nitrogens with one attached hydrogen (secondary N) is 1. The largest absolute Gasteiger partial charge is 0.396 e. The van der Waals surface area contributed by atoms with E-state index in [2.05, 4.69) is 15.6 Å². The molecule has 0 saturated heterocycles. The van der Waals surface area contributed by atoms with Crippen molar-refractivity contribution in [3.8, 4) is 0 Å². The Bertz CT molecular complexity index is 633. The monoisotopic (exact) mass is 314 g/mol. The van der Waals surface area contributed by atoms with Gasteiger partial charge in [-0.2, -0.15) is 0 Å². The summed E-state index contributed by atoms with van der Waals surface area (Å²) in [6.07, 6.45) is 5.43. The Morgan fingerprint density at radius 1 is 1.22 bits per heavy atom. The van der Waals surface area contributed by atoms with E-state index in [9.17, 15) is 4.79 Å². The first-order valence-electron chi connectivity index (χ1n) is 8.10. The summed E-state index contributed by atoms with van der Waals surface area (Å²) in [5, 5.41) is 20.2. The van der Waals surface area contributed by atoms with Crippen molar-refractivity contribution in [2.45, 2.75) is 38.3 Å². The topological polar surface area (TPSA) is 80.0 Å². The molecule has 6 heteroatoms. The maximum atomic E-state index is 12.3. The molecule has 3 rings (SSSR count). The fraction of sp³-hybridized carbons (Fsp3) is 0.471. The molecule has 0 aliphatic heterocycles. The van der Waals surface area contributed by atoms with E-state index in [1.54, 1.807) is 10.9 Å². The van der Waals surface area contributed by atoms with Crippen LogP contribution in [-0.4, -0.2) is 38.7 Å². The van der Waals surface area contributed by atoms with Gasteiger partial charge in [0, 0.05) is 12.6 Å². The zero-order valence-corrected chi connectivity index (χ0v) is 13.1. The Morgan fingerprint density at radius 2 is 1.96 bits per heavy atom. The second kappa shape index (κ2) is 7.37. The normalized spacial score (nSPS) is 21.1. The zero-order chi connectivity index (χ0) is 16.1. The number of aliphatic hydroxyl groups is 1. The van der Waals surface area contributed by atoms with E-state index >= 15 is 0 Å². The summed E-state index contributed by atoms with van der Waals surface area (Å²) in [7, 11) is 0. The van der Waals surface area contributed by atoms with Crippen LogP contribution in [0.2, 0.25) is 0 Å². The molecule has 1 aromatic carbocycles. The highest BCUT2D eigenvalue weighted by Gasteiger charge is 2.23. The first-order valence-corrected chi connectivity index (χ1v) is 8.10. The van der Waals surface area contributed by atoms with Gasteiger partial charge in [-0.15, -0.1) is 5.10 Å². The molecule has 1 amide bonds. The van der Waals surface area contributed by atoms with Gasteiger partial charge in [-0.1, -0.05) is 35.5 Å². The predicted molar refractivity (Wildman–Crippen MR) is 85.9 cm³/mol. The molecule has 122 valence electrons. The summed E-state index contributed by atoms with van der Waals surface area (Å²) in [6.45, 7) is 0.844. The number of benzene rings is 1. The molecule has 1 fully saturated rings. The van der Waals surface area contributed by atoms with Crippen LogP contribution in [0.25, 0.3) is 0 Å². The fourth-order valence-electron chi connectivity index (χ4n) is 3.00. The first kappa shape index (κ1) is 15.7. The van der Waals surface area contributed by atoms with Gasteiger partial charge in [0.25, 0.3) is 5.91 Å². The third-order valence-corrected chi connectivity index (χ3v) is 4.40. The number of amides is 1. The summed E-state index contributed by atoms with van der Waals surface area (Å²) in [6, 6.07) is 10.1. The molecule has 6 nitrogen and oxygen atoms in total. The number of carbonyl (C=O) groups excluding carboxylic acids is 1. The minimum absolute atomic E-state index is 0.170. The van der Waals surface area contributed by atoms with Crippen LogP contribution >= 0.6 is 0 Å². The van der Waals surface area contributed by atoms with Crippen LogP contribution in [-0.2, 0) is 6.54 Å². The minimum atomic E-state index is -0.170. The van der Waals surface area contributed by atoms with Crippen LogP contribution in [0.15, 0.2) is 36.5 Å². The Morgan fingerprint density at radius 3 is 2.65 bits per heavy atom. The van der Waals surface area contributed by atoms with Gasteiger partial charge < -0.3 is 10.4 Å². The van der Waals surface area contributed by atoms with Gasteiger partial charge in [-0.3, -0.25) is 4.79 Å². The van der Waals surface area contributed by atoms with Crippen LogP contribution in [0.3, 0.4) is 0 Å². The summed E-state index contributed by atoms with van der Waals surface area (Å²) < 4.78 is 1.67. The minimum Gasteiger partial charge on any atom is -0.396 e. The van der Waals surface area contributed by atoms with Crippen LogP contribution in [0.5, 0.6) is 0 Å². The standard InChI is InChI=1S/C17H22N4O2/c22-12-14-6-8-15(9-7-14)18-17(23)16-11-21(20-19-16)10-13-4-2-1-3-5-13/h1-5,11,14-15,22H,6-10,12H2,(H,18,23). The molecule has 0 atom stereocenters. The average molecular weight is 314 g/mol.